The fourth-order valence-corrected chi connectivity index (χ4v) is 7.41. The first-order valence-electron chi connectivity index (χ1n) is 13.5. The molecule has 2 aliphatic carbocycles. The van der Waals surface area contributed by atoms with Crippen molar-refractivity contribution in [2.75, 3.05) is 0 Å². The smallest absolute Gasteiger partial charge is 0.0544 e. The van der Waals surface area contributed by atoms with Crippen LogP contribution in [0.5, 0.6) is 0 Å². The summed E-state index contributed by atoms with van der Waals surface area (Å²) in [4.78, 5) is 0. The van der Waals surface area contributed by atoms with Crippen molar-refractivity contribution >= 4 is 32.6 Å². The minimum Gasteiger partial charge on any atom is -0.309 e. The van der Waals surface area contributed by atoms with Crippen LogP contribution in [0, 0.1) is 0 Å². The third-order valence-electron chi connectivity index (χ3n) is 9.14. The second-order valence-corrected chi connectivity index (χ2v) is 11.3. The van der Waals surface area contributed by atoms with Gasteiger partial charge in [0.05, 0.1) is 16.7 Å². The SMILES string of the molecule is CC1(C)c2ccccc2-c2cc3c4ccccc4n(-c4ccc5c6c(cccc46)-c4ccccc4-5)c3cc21. The Kier molecular flexibility index (Phi) is 3.67. The first-order valence-corrected chi connectivity index (χ1v) is 13.5. The number of nitrogens with zero attached hydrogens (tertiary/aromatic N) is 1. The van der Waals surface area contributed by atoms with E-state index in [9.17, 15) is 0 Å². The fourth-order valence-electron chi connectivity index (χ4n) is 7.41. The van der Waals surface area contributed by atoms with Crippen LogP contribution in [-0.2, 0) is 5.41 Å². The normalized spacial score (nSPS) is 14.3. The molecular weight excluding hydrogens is 458 g/mol. The first-order chi connectivity index (χ1) is 18.6. The van der Waals surface area contributed by atoms with E-state index in [0.717, 1.165) is 0 Å². The van der Waals surface area contributed by atoms with Crippen molar-refractivity contribution in [2.45, 2.75) is 19.3 Å². The molecule has 0 radical (unpaired) electrons. The van der Waals surface area contributed by atoms with Crippen molar-refractivity contribution in [3.63, 3.8) is 0 Å². The lowest BCUT2D eigenvalue weighted by atomic mass is 9.82. The molecule has 0 unspecified atom stereocenters. The monoisotopic (exact) mass is 483 g/mol. The fraction of sp³-hybridized carbons (Fsp3) is 0.0811. The molecule has 6 aromatic carbocycles. The van der Waals surface area contributed by atoms with Gasteiger partial charge in [0.25, 0.3) is 0 Å². The van der Waals surface area contributed by atoms with Crippen LogP contribution >= 0.6 is 0 Å². The highest BCUT2D eigenvalue weighted by atomic mass is 15.0. The number of aromatic nitrogens is 1. The van der Waals surface area contributed by atoms with E-state index in [-0.39, 0.29) is 5.41 Å². The number of para-hydroxylation sites is 1. The quantitative estimate of drug-likeness (QED) is 0.219. The molecule has 0 fully saturated rings. The van der Waals surface area contributed by atoms with E-state index in [1.54, 1.807) is 0 Å². The van der Waals surface area contributed by atoms with Gasteiger partial charge in [0, 0.05) is 21.6 Å². The summed E-state index contributed by atoms with van der Waals surface area (Å²) in [5, 5.41) is 5.30. The average Bonchev–Trinajstić information content (AvgIpc) is 3.54. The molecular formula is C37H25N. The summed E-state index contributed by atoms with van der Waals surface area (Å²) < 4.78 is 2.51. The maximum atomic E-state index is 2.51. The largest absolute Gasteiger partial charge is 0.309 e. The molecule has 0 spiro atoms. The maximum absolute atomic E-state index is 2.51. The molecule has 1 heteroatoms. The molecule has 178 valence electrons. The molecule has 0 aliphatic heterocycles. The van der Waals surface area contributed by atoms with Crippen molar-refractivity contribution in [1.82, 2.24) is 4.57 Å². The van der Waals surface area contributed by atoms with Gasteiger partial charge in [-0.2, -0.15) is 0 Å². The Labute approximate surface area is 221 Å². The molecule has 0 saturated carbocycles. The Hall–Kier alpha value is -4.62. The lowest BCUT2D eigenvalue weighted by molar-refractivity contribution is 0.661. The van der Waals surface area contributed by atoms with Gasteiger partial charge in [0.2, 0.25) is 0 Å². The van der Waals surface area contributed by atoms with Crippen LogP contribution in [0.1, 0.15) is 25.0 Å². The van der Waals surface area contributed by atoms with Gasteiger partial charge in [-0.05, 0) is 74.2 Å². The lowest BCUT2D eigenvalue weighted by Gasteiger charge is -2.22. The lowest BCUT2D eigenvalue weighted by Crippen LogP contribution is -2.15. The molecule has 7 aromatic rings. The first kappa shape index (κ1) is 20.4. The zero-order valence-electron chi connectivity index (χ0n) is 21.4. The summed E-state index contributed by atoms with van der Waals surface area (Å²) in [6.07, 6.45) is 0. The second-order valence-electron chi connectivity index (χ2n) is 11.3. The highest BCUT2D eigenvalue weighted by Gasteiger charge is 2.36. The summed E-state index contributed by atoms with van der Waals surface area (Å²) >= 11 is 0. The van der Waals surface area contributed by atoms with Gasteiger partial charge in [-0.25, -0.2) is 0 Å². The number of hydrogen-bond donors (Lipinski definition) is 0. The Morgan fingerprint density at radius 3 is 1.95 bits per heavy atom. The summed E-state index contributed by atoms with van der Waals surface area (Å²) in [5.41, 5.74) is 14.7. The van der Waals surface area contributed by atoms with Crippen molar-refractivity contribution in [1.29, 1.82) is 0 Å². The molecule has 0 bridgehead atoms. The van der Waals surface area contributed by atoms with E-state index in [1.807, 2.05) is 0 Å². The van der Waals surface area contributed by atoms with Gasteiger partial charge >= 0.3 is 0 Å². The van der Waals surface area contributed by atoms with Crippen LogP contribution in [0.25, 0.3) is 71.6 Å². The van der Waals surface area contributed by atoms with Gasteiger partial charge in [-0.15, -0.1) is 0 Å². The highest BCUT2D eigenvalue weighted by Crippen LogP contribution is 2.52. The summed E-state index contributed by atoms with van der Waals surface area (Å²) in [6, 6.07) is 43.0. The standard InChI is InChI=1S/C37H25N/c1-37(2)31-16-7-5-12-24(31)29-20-30-25-13-6-8-17-33(25)38(35(30)21-32(29)37)34-19-18-27-23-11-4-3-10-22(23)26-14-9-15-28(34)36(26)27/h3-21H,1-2H3. The molecule has 0 amide bonds. The van der Waals surface area contributed by atoms with Gasteiger partial charge in [0.1, 0.15) is 0 Å². The third-order valence-corrected chi connectivity index (χ3v) is 9.14. The van der Waals surface area contributed by atoms with Gasteiger partial charge in [-0.3, -0.25) is 0 Å². The van der Waals surface area contributed by atoms with E-state index in [1.165, 1.54) is 82.8 Å². The van der Waals surface area contributed by atoms with Crippen LogP contribution in [0.2, 0.25) is 0 Å². The molecule has 38 heavy (non-hydrogen) atoms. The second kappa shape index (κ2) is 6.82. The minimum absolute atomic E-state index is 0.0366. The Balaban J connectivity index is 1.42. The van der Waals surface area contributed by atoms with Gasteiger partial charge < -0.3 is 4.57 Å². The van der Waals surface area contributed by atoms with Crippen LogP contribution in [0.15, 0.2) is 115 Å². The van der Waals surface area contributed by atoms with Crippen molar-refractivity contribution in [3.05, 3.63) is 126 Å². The van der Waals surface area contributed by atoms with Crippen LogP contribution in [0.4, 0.5) is 0 Å². The predicted molar refractivity (Wildman–Crippen MR) is 160 cm³/mol. The van der Waals surface area contributed by atoms with E-state index in [0.29, 0.717) is 0 Å². The van der Waals surface area contributed by atoms with Crippen LogP contribution in [-0.4, -0.2) is 4.57 Å². The minimum atomic E-state index is -0.0366. The molecule has 0 atom stereocenters. The number of hydrogen-bond acceptors (Lipinski definition) is 0. The molecule has 1 nitrogen and oxygen atoms in total. The van der Waals surface area contributed by atoms with Crippen LogP contribution in [0.3, 0.4) is 0 Å². The third kappa shape index (κ3) is 2.33. The topological polar surface area (TPSA) is 4.93 Å². The van der Waals surface area contributed by atoms with E-state index in [4.69, 9.17) is 0 Å². The summed E-state index contributed by atoms with van der Waals surface area (Å²) in [5.74, 6) is 0. The molecule has 2 aliphatic rings. The molecule has 0 N–H and O–H groups in total. The number of benzene rings is 6. The van der Waals surface area contributed by atoms with E-state index in [2.05, 4.69) is 134 Å². The van der Waals surface area contributed by atoms with Crippen molar-refractivity contribution < 1.29 is 0 Å². The van der Waals surface area contributed by atoms with Crippen LogP contribution < -0.4 is 0 Å². The average molecular weight is 484 g/mol. The van der Waals surface area contributed by atoms with E-state index < -0.39 is 0 Å². The van der Waals surface area contributed by atoms with Crippen molar-refractivity contribution in [2.24, 2.45) is 0 Å². The molecule has 1 heterocycles. The molecule has 1 aromatic heterocycles. The summed E-state index contributed by atoms with van der Waals surface area (Å²) in [7, 11) is 0. The molecule has 9 rings (SSSR count). The Morgan fingerprint density at radius 1 is 0.447 bits per heavy atom. The highest BCUT2D eigenvalue weighted by molar-refractivity contribution is 6.19. The molecule has 0 saturated heterocycles. The zero-order chi connectivity index (χ0) is 25.2. The number of rotatable bonds is 1. The van der Waals surface area contributed by atoms with Crippen molar-refractivity contribution in [3.8, 4) is 39.1 Å². The zero-order valence-corrected chi connectivity index (χ0v) is 21.4. The Morgan fingerprint density at radius 2 is 1.11 bits per heavy atom. The number of fused-ring (bicyclic) bond motifs is 9. The maximum Gasteiger partial charge on any atom is 0.0544 e. The summed E-state index contributed by atoms with van der Waals surface area (Å²) in [6.45, 7) is 4.74. The van der Waals surface area contributed by atoms with Gasteiger partial charge in [0.15, 0.2) is 0 Å². The predicted octanol–water partition coefficient (Wildman–Crippen LogP) is 9.89. The van der Waals surface area contributed by atoms with E-state index >= 15 is 0 Å². The Bertz CT molecular complexity index is 2130. The van der Waals surface area contributed by atoms with Gasteiger partial charge in [-0.1, -0.05) is 105 Å².